The van der Waals surface area contributed by atoms with Crippen molar-refractivity contribution in [1.29, 1.82) is 0 Å². The Hall–Kier alpha value is -2.22. The number of rotatable bonds is 6. The average Bonchev–Trinajstić information content (AvgIpc) is 3.09. The number of hydrogen-bond donors (Lipinski definition) is 2. The summed E-state index contributed by atoms with van der Waals surface area (Å²) >= 11 is 0. The highest BCUT2D eigenvalue weighted by Gasteiger charge is 2.21. The van der Waals surface area contributed by atoms with Gasteiger partial charge in [0.2, 0.25) is 11.9 Å². The highest BCUT2D eigenvalue weighted by atomic mass is 16.5. The van der Waals surface area contributed by atoms with Gasteiger partial charge < -0.3 is 4.74 Å². The summed E-state index contributed by atoms with van der Waals surface area (Å²) in [5.74, 6) is 6.83. The van der Waals surface area contributed by atoms with Crippen LogP contribution in [0.25, 0.3) is 5.95 Å². The average molecular weight is 261 g/mol. The van der Waals surface area contributed by atoms with Gasteiger partial charge in [0, 0.05) is 12.4 Å². The van der Waals surface area contributed by atoms with Crippen LogP contribution in [0.1, 0.15) is 19.3 Å². The smallest absolute Gasteiger partial charge is 0.323 e. The minimum atomic E-state index is 0.264. The minimum Gasteiger partial charge on any atom is -0.463 e. The lowest BCUT2D eigenvalue weighted by Crippen LogP contribution is -2.14. The Kier molecular flexibility index (Phi) is 3.23. The summed E-state index contributed by atoms with van der Waals surface area (Å²) in [5, 5.41) is 0. The van der Waals surface area contributed by atoms with Gasteiger partial charge in [-0.25, -0.2) is 10.8 Å². The molecule has 3 N–H and O–H groups in total. The summed E-state index contributed by atoms with van der Waals surface area (Å²) in [5.41, 5.74) is 2.41. The number of imidazole rings is 1. The number of nitrogen functional groups attached to an aromatic ring is 1. The van der Waals surface area contributed by atoms with E-state index in [4.69, 9.17) is 10.6 Å². The molecule has 1 aliphatic carbocycles. The van der Waals surface area contributed by atoms with Gasteiger partial charge in [-0.05, 0) is 12.3 Å². The third-order valence-corrected chi connectivity index (χ3v) is 2.92. The van der Waals surface area contributed by atoms with Crippen LogP contribution in [-0.4, -0.2) is 31.1 Å². The zero-order valence-electron chi connectivity index (χ0n) is 10.4. The summed E-state index contributed by atoms with van der Waals surface area (Å²) < 4.78 is 7.21. The van der Waals surface area contributed by atoms with Crippen molar-refractivity contribution in [3.8, 4) is 12.0 Å². The molecule has 0 aliphatic heterocycles. The van der Waals surface area contributed by atoms with Gasteiger partial charge in [0.1, 0.15) is 6.33 Å². The molecule has 0 radical (unpaired) electrons. The number of hydrazine groups is 1. The van der Waals surface area contributed by atoms with Crippen LogP contribution in [-0.2, 0) is 0 Å². The molecule has 1 saturated carbocycles. The second-order valence-corrected chi connectivity index (χ2v) is 4.44. The number of anilines is 1. The molecule has 19 heavy (non-hydrogen) atoms. The van der Waals surface area contributed by atoms with Crippen molar-refractivity contribution in [3.05, 3.63) is 18.7 Å². The maximum absolute atomic E-state index is 5.55. The van der Waals surface area contributed by atoms with Crippen LogP contribution in [0.5, 0.6) is 6.01 Å². The van der Waals surface area contributed by atoms with E-state index >= 15 is 0 Å². The van der Waals surface area contributed by atoms with Crippen molar-refractivity contribution >= 4 is 5.95 Å². The fraction of sp³-hybridized carbons (Fsp3) is 0.455. The maximum atomic E-state index is 5.55. The van der Waals surface area contributed by atoms with Crippen LogP contribution >= 0.6 is 0 Å². The number of nitrogens with two attached hydrogens (primary N) is 1. The van der Waals surface area contributed by atoms with Crippen LogP contribution in [0.3, 0.4) is 0 Å². The first kappa shape index (κ1) is 11.8. The predicted octanol–water partition coefficient (Wildman–Crippen LogP) is 0.522. The van der Waals surface area contributed by atoms with Crippen LogP contribution in [0.15, 0.2) is 18.7 Å². The van der Waals surface area contributed by atoms with E-state index in [0.717, 1.165) is 12.3 Å². The molecule has 0 atom stereocenters. The quantitative estimate of drug-likeness (QED) is 0.577. The summed E-state index contributed by atoms with van der Waals surface area (Å²) in [7, 11) is 0. The summed E-state index contributed by atoms with van der Waals surface area (Å²) in [6.07, 6.45) is 8.63. The Labute approximate surface area is 110 Å². The molecular weight excluding hydrogens is 246 g/mol. The van der Waals surface area contributed by atoms with E-state index in [1.807, 2.05) is 0 Å². The first-order valence-electron chi connectivity index (χ1n) is 6.19. The topological polar surface area (TPSA) is 104 Å². The number of aromatic nitrogens is 5. The molecule has 0 unspecified atom stereocenters. The fourth-order valence-electron chi connectivity index (χ4n) is 1.69. The Morgan fingerprint density at radius 3 is 2.95 bits per heavy atom. The molecule has 100 valence electrons. The molecule has 8 heteroatoms. The van der Waals surface area contributed by atoms with Gasteiger partial charge in [-0.15, -0.1) is 0 Å². The number of nitrogens with one attached hydrogen (secondary N) is 1. The number of nitrogens with zero attached hydrogens (tertiary/aromatic N) is 5. The molecule has 1 fully saturated rings. The lowest BCUT2D eigenvalue weighted by molar-refractivity contribution is 0.278. The molecule has 0 spiro atoms. The number of hydrogen-bond acceptors (Lipinski definition) is 7. The van der Waals surface area contributed by atoms with Gasteiger partial charge in [-0.3, -0.25) is 9.99 Å². The number of ether oxygens (including phenoxy) is 1. The van der Waals surface area contributed by atoms with E-state index in [1.165, 1.54) is 12.8 Å². The van der Waals surface area contributed by atoms with Crippen molar-refractivity contribution in [2.75, 3.05) is 12.0 Å². The van der Waals surface area contributed by atoms with Gasteiger partial charge in [0.15, 0.2) is 0 Å². The van der Waals surface area contributed by atoms with E-state index in [1.54, 1.807) is 23.3 Å². The molecule has 0 saturated heterocycles. The Balaban J connectivity index is 1.76. The molecular formula is C11H15N7O. The fourth-order valence-corrected chi connectivity index (χ4v) is 1.69. The van der Waals surface area contributed by atoms with Crippen molar-refractivity contribution in [2.45, 2.75) is 19.3 Å². The monoisotopic (exact) mass is 261 g/mol. The van der Waals surface area contributed by atoms with Gasteiger partial charge in [0.25, 0.3) is 0 Å². The van der Waals surface area contributed by atoms with Crippen molar-refractivity contribution in [3.63, 3.8) is 0 Å². The molecule has 2 heterocycles. The lowest BCUT2D eigenvalue weighted by Gasteiger charge is -2.07. The third-order valence-electron chi connectivity index (χ3n) is 2.92. The van der Waals surface area contributed by atoms with E-state index in [-0.39, 0.29) is 12.0 Å². The van der Waals surface area contributed by atoms with Gasteiger partial charge in [-0.1, -0.05) is 12.8 Å². The first-order chi connectivity index (χ1) is 9.35. The largest absolute Gasteiger partial charge is 0.463 e. The molecule has 0 amide bonds. The van der Waals surface area contributed by atoms with Crippen LogP contribution in [0.4, 0.5) is 5.95 Å². The standard InChI is InChI=1S/C11H15N7O/c12-17-9-14-10(18-5-4-13-7-18)16-11(15-9)19-6-3-8-1-2-8/h4-5,7-8H,1-3,6,12H2,(H,14,15,16,17). The lowest BCUT2D eigenvalue weighted by atomic mass is 10.3. The zero-order valence-corrected chi connectivity index (χ0v) is 10.4. The minimum absolute atomic E-state index is 0.264. The Bertz CT molecular complexity index is 538. The second kappa shape index (κ2) is 5.19. The Morgan fingerprint density at radius 1 is 1.37 bits per heavy atom. The van der Waals surface area contributed by atoms with E-state index in [9.17, 15) is 0 Å². The first-order valence-corrected chi connectivity index (χ1v) is 6.19. The summed E-state index contributed by atoms with van der Waals surface area (Å²) in [6, 6.07) is 0.271. The molecule has 2 aromatic rings. The van der Waals surface area contributed by atoms with Crippen molar-refractivity contribution < 1.29 is 4.74 Å². The zero-order chi connectivity index (χ0) is 13.1. The summed E-state index contributed by atoms with van der Waals surface area (Å²) in [6.45, 7) is 0.613. The van der Waals surface area contributed by atoms with Crippen LogP contribution in [0.2, 0.25) is 0 Å². The molecule has 0 bridgehead atoms. The highest BCUT2D eigenvalue weighted by molar-refractivity contribution is 5.28. The molecule has 1 aliphatic rings. The van der Waals surface area contributed by atoms with Crippen LogP contribution in [0, 0.1) is 5.92 Å². The van der Waals surface area contributed by atoms with E-state index in [0.29, 0.717) is 12.6 Å². The van der Waals surface area contributed by atoms with Gasteiger partial charge in [0.05, 0.1) is 6.61 Å². The Morgan fingerprint density at radius 2 is 2.26 bits per heavy atom. The predicted molar refractivity (Wildman–Crippen MR) is 67.6 cm³/mol. The summed E-state index contributed by atoms with van der Waals surface area (Å²) in [4.78, 5) is 16.4. The van der Waals surface area contributed by atoms with Crippen molar-refractivity contribution in [1.82, 2.24) is 24.5 Å². The molecule has 2 aromatic heterocycles. The second-order valence-electron chi connectivity index (χ2n) is 4.44. The maximum Gasteiger partial charge on any atom is 0.323 e. The molecule has 8 nitrogen and oxygen atoms in total. The SMILES string of the molecule is NNc1nc(OCCC2CC2)nc(-n2ccnc2)n1. The highest BCUT2D eigenvalue weighted by Crippen LogP contribution is 2.32. The van der Waals surface area contributed by atoms with Gasteiger partial charge in [-0.2, -0.15) is 15.0 Å². The molecule has 0 aromatic carbocycles. The van der Waals surface area contributed by atoms with Gasteiger partial charge >= 0.3 is 6.01 Å². The van der Waals surface area contributed by atoms with E-state index in [2.05, 4.69) is 25.4 Å². The molecule has 3 rings (SSSR count). The normalized spacial score (nSPS) is 14.4. The van der Waals surface area contributed by atoms with E-state index < -0.39 is 0 Å². The third kappa shape index (κ3) is 2.97. The van der Waals surface area contributed by atoms with Crippen molar-refractivity contribution in [2.24, 2.45) is 11.8 Å². The van der Waals surface area contributed by atoms with Crippen LogP contribution < -0.4 is 16.0 Å².